The first kappa shape index (κ1) is 19.7. The van der Waals surface area contributed by atoms with E-state index in [1.165, 1.54) is 18.3 Å². The molecule has 1 atom stereocenters. The third-order valence-electron chi connectivity index (χ3n) is 3.48. The van der Waals surface area contributed by atoms with Gasteiger partial charge in [0.2, 0.25) is 0 Å². The molecular weight excluding hydrogens is 385 g/mol. The van der Waals surface area contributed by atoms with Gasteiger partial charge in [0.05, 0.1) is 15.2 Å². The number of hydrogen-bond donors (Lipinski definition) is 1. The molecule has 0 spiro atoms. The summed E-state index contributed by atoms with van der Waals surface area (Å²) in [5.41, 5.74) is 0.828. The van der Waals surface area contributed by atoms with Crippen LogP contribution in [0.15, 0.2) is 22.7 Å². The molecule has 5 nitrogen and oxygen atoms in total. The van der Waals surface area contributed by atoms with Crippen LogP contribution in [0.3, 0.4) is 0 Å². The molecule has 0 fully saturated rings. The first-order valence-corrected chi connectivity index (χ1v) is 9.61. The predicted molar refractivity (Wildman–Crippen MR) is 87.6 cm³/mol. The molecule has 116 valence electrons. The summed E-state index contributed by atoms with van der Waals surface area (Å²) in [6, 6.07) is 5.68. The number of thiazole rings is 1. The predicted octanol–water partition coefficient (Wildman–Crippen LogP) is -0.00420. The number of fused-ring (bicyclic) bond motifs is 1. The van der Waals surface area contributed by atoms with Crippen molar-refractivity contribution >= 4 is 53.3 Å². The number of carboxylic acid groups (broad SMARTS) is 1. The van der Waals surface area contributed by atoms with Crippen molar-refractivity contribution in [2.75, 3.05) is 6.26 Å². The first-order chi connectivity index (χ1) is 9.63. The molecule has 0 radical (unpaired) electrons. The smallest absolute Gasteiger partial charge is 1.00 e. The monoisotopic (exact) mass is 399 g/mol. The van der Waals surface area contributed by atoms with Crippen LogP contribution in [0.5, 0.6) is 0 Å². The average molecular weight is 400 g/mol. The Labute approximate surface area is 154 Å². The van der Waals surface area contributed by atoms with Gasteiger partial charge in [-0.25, -0.2) is 13.4 Å². The van der Waals surface area contributed by atoms with Crippen molar-refractivity contribution in [3.8, 4) is 0 Å². The number of hydrogen-bond acceptors (Lipinski definition) is 5. The topological polar surface area (TPSA) is 84.3 Å². The molecule has 1 unspecified atom stereocenters. The van der Waals surface area contributed by atoms with E-state index in [9.17, 15) is 18.3 Å². The molecule has 0 aliphatic rings. The van der Waals surface area contributed by atoms with E-state index in [4.69, 9.17) is 0 Å². The number of nitrogens with zero attached hydrogens (tertiary/aromatic N) is 1. The Morgan fingerprint density at radius 1 is 1.50 bits per heavy atom. The molecule has 2 rings (SSSR count). The molecule has 22 heavy (non-hydrogen) atoms. The van der Waals surface area contributed by atoms with Crippen LogP contribution in [0.25, 0.3) is 10.2 Å². The van der Waals surface area contributed by atoms with Gasteiger partial charge >= 0.3 is 24.8 Å². The number of aryl methyl sites for hydroxylation is 1. The minimum absolute atomic E-state index is 0. The van der Waals surface area contributed by atoms with Crippen LogP contribution in [0.2, 0.25) is 0 Å². The Hall–Kier alpha value is -0.393. The summed E-state index contributed by atoms with van der Waals surface area (Å²) in [7, 11) is -3.70. The number of carboxylic acids is 1. The zero-order valence-corrected chi connectivity index (χ0v) is 15.7. The Kier molecular flexibility index (Phi) is 6.27. The molecule has 9 heteroatoms. The number of aromatic nitrogens is 1. The summed E-state index contributed by atoms with van der Waals surface area (Å²) in [6.07, 6.45) is 1.27. The number of sulfone groups is 1. The number of rotatable bonds is 5. The molecule has 1 aromatic heterocycles. The van der Waals surface area contributed by atoms with E-state index in [0.29, 0.717) is 6.42 Å². The quantitative estimate of drug-likeness (QED) is 0.715. The number of benzene rings is 1. The van der Waals surface area contributed by atoms with Crippen LogP contribution in [0.1, 0.15) is 19.8 Å². The number of carbonyl (C=O) groups is 1. The summed E-state index contributed by atoms with van der Waals surface area (Å²) < 4.78 is 23.6. The molecular formula is C13H15BrLiNO4S2. The van der Waals surface area contributed by atoms with E-state index in [1.54, 1.807) is 0 Å². The van der Waals surface area contributed by atoms with Gasteiger partial charge in [-0.15, -0.1) is 11.3 Å². The fraction of sp³-hybridized carbons (Fsp3) is 0.385. The first-order valence-electron chi connectivity index (χ1n) is 6.11. The minimum Gasteiger partial charge on any atom is -1.00 e. The normalized spacial score (nSPS) is 14.3. The molecule has 1 heterocycles. The average Bonchev–Trinajstić information content (AvgIpc) is 2.76. The van der Waals surface area contributed by atoms with Gasteiger partial charge in [0.15, 0.2) is 14.6 Å². The zero-order chi connectivity index (χ0) is 15.8. The third kappa shape index (κ3) is 3.92. The maximum absolute atomic E-state index is 11.7. The van der Waals surface area contributed by atoms with Crippen LogP contribution < -0.4 is 18.9 Å². The van der Waals surface area contributed by atoms with Crippen molar-refractivity contribution in [1.82, 2.24) is 4.98 Å². The summed E-state index contributed by atoms with van der Waals surface area (Å²) in [4.78, 5) is 15.7. The second kappa shape index (κ2) is 7.01. The van der Waals surface area contributed by atoms with E-state index in [1.807, 2.05) is 18.2 Å². The van der Waals surface area contributed by atoms with Crippen molar-refractivity contribution in [3.05, 3.63) is 27.7 Å². The molecule has 0 aliphatic heterocycles. The molecule has 2 aromatic rings. The third-order valence-corrected chi connectivity index (χ3v) is 7.07. The molecule has 0 bridgehead atoms. The standard InChI is InChI=1S/C13H14BrNO4S2.Li.H/c1-13(12(16)17,21(2,18)19)6-5-11-15-9-4-3-8(14)7-10(9)20-11;;/h3-4,7H,5-6H2,1-2H3,(H,16,17);;/q;+1;-1. The van der Waals surface area contributed by atoms with Gasteiger partial charge in [0, 0.05) is 17.1 Å². The van der Waals surface area contributed by atoms with Crippen LogP contribution in [0.4, 0.5) is 0 Å². The summed E-state index contributed by atoms with van der Waals surface area (Å²) in [6.45, 7) is 1.24. The molecule has 0 saturated carbocycles. The van der Waals surface area contributed by atoms with Crippen molar-refractivity contribution < 1.29 is 38.6 Å². The van der Waals surface area contributed by atoms with Crippen molar-refractivity contribution in [3.63, 3.8) is 0 Å². The van der Waals surface area contributed by atoms with E-state index >= 15 is 0 Å². The summed E-state index contributed by atoms with van der Waals surface area (Å²) in [5, 5.41) is 9.96. The molecule has 0 aliphatic carbocycles. The Morgan fingerprint density at radius 2 is 2.14 bits per heavy atom. The number of aliphatic carboxylic acids is 1. The Balaban J connectivity index is 0.00000242. The van der Waals surface area contributed by atoms with Gasteiger partial charge in [-0.3, -0.25) is 4.79 Å². The summed E-state index contributed by atoms with van der Waals surface area (Å²) >= 11 is 4.83. The molecule has 0 amide bonds. The van der Waals surface area contributed by atoms with Crippen molar-refractivity contribution in [1.29, 1.82) is 0 Å². The SMILES string of the molecule is CC(CCc1nc2ccc(Br)cc2s1)(C(=O)O)S(C)(=O)=O.[H-].[Li+]. The van der Waals surface area contributed by atoms with Gasteiger partial charge in [-0.2, -0.15) is 0 Å². The van der Waals surface area contributed by atoms with Gasteiger partial charge in [-0.05, 0) is 31.5 Å². The number of halogens is 1. The van der Waals surface area contributed by atoms with Crippen LogP contribution in [-0.4, -0.2) is 35.5 Å². The van der Waals surface area contributed by atoms with Crippen LogP contribution in [-0.2, 0) is 21.1 Å². The van der Waals surface area contributed by atoms with E-state index in [0.717, 1.165) is 26.0 Å². The Bertz CT molecular complexity index is 811. The van der Waals surface area contributed by atoms with Crippen molar-refractivity contribution in [2.45, 2.75) is 24.5 Å². The Morgan fingerprint density at radius 3 is 2.68 bits per heavy atom. The van der Waals surface area contributed by atoms with Gasteiger partial charge in [0.25, 0.3) is 0 Å². The van der Waals surface area contributed by atoms with Gasteiger partial charge in [0.1, 0.15) is 0 Å². The van der Waals surface area contributed by atoms with Crippen molar-refractivity contribution in [2.24, 2.45) is 0 Å². The second-order valence-electron chi connectivity index (χ2n) is 5.03. The molecule has 1 aromatic carbocycles. The summed E-state index contributed by atoms with van der Waals surface area (Å²) in [5.74, 6) is -1.33. The van der Waals surface area contributed by atoms with E-state index in [-0.39, 0.29) is 26.7 Å². The fourth-order valence-electron chi connectivity index (χ4n) is 1.85. The van der Waals surface area contributed by atoms with Gasteiger partial charge < -0.3 is 6.53 Å². The molecule has 0 saturated heterocycles. The maximum Gasteiger partial charge on any atom is 1.00 e. The fourth-order valence-corrected chi connectivity index (χ4v) is 4.16. The second-order valence-corrected chi connectivity index (χ2v) is 9.50. The van der Waals surface area contributed by atoms with E-state index in [2.05, 4.69) is 20.9 Å². The maximum atomic E-state index is 11.7. The van der Waals surface area contributed by atoms with Gasteiger partial charge in [-0.1, -0.05) is 15.9 Å². The zero-order valence-electron chi connectivity index (χ0n) is 13.5. The van der Waals surface area contributed by atoms with Crippen LogP contribution >= 0.6 is 27.3 Å². The largest absolute Gasteiger partial charge is 1.00 e. The van der Waals surface area contributed by atoms with E-state index < -0.39 is 20.6 Å². The minimum atomic E-state index is -3.70. The van der Waals surface area contributed by atoms with Crippen LogP contribution in [0, 0.1) is 0 Å². The molecule has 1 N–H and O–H groups in total.